The largest absolute Gasteiger partial charge is 0.476 e. The molecule has 0 aliphatic rings. The van der Waals surface area contributed by atoms with Crippen molar-refractivity contribution >= 4 is 17.6 Å². The van der Waals surface area contributed by atoms with Gasteiger partial charge in [-0.2, -0.15) is 4.98 Å². The van der Waals surface area contributed by atoms with Crippen molar-refractivity contribution in [3.05, 3.63) is 65.3 Å². The Balaban J connectivity index is 1.60. The molecular formula is C19H16ClFN2O4. The minimum absolute atomic E-state index is 0.135. The lowest BCUT2D eigenvalue weighted by atomic mass is 10.1. The maximum absolute atomic E-state index is 13.0. The minimum Gasteiger partial charge on any atom is -0.476 e. The number of nitrogens with zero attached hydrogens (tertiary/aromatic N) is 2. The molecule has 1 aromatic heterocycles. The van der Waals surface area contributed by atoms with E-state index < -0.39 is 17.4 Å². The summed E-state index contributed by atoms with van der Waals surface area (Å²) in [5.74, 6) is -0.204. The van der Waals surface area contributed by atoms with Crippen LogP contribution in [0.5, 0.6) is 5.75 Å². The van der Waals surface area contributed by atoms with Gasteiger partial charge in [-0.25, -0.2) is 9.18 Å². The first-order chi connectivity index (χ1) is 12.8. The number of carbonyl (C=O) groups is 1. The molecule has 0 N–H and O–H groups in total. The Labute approximate surface area is 159 Å². The van der Waals surface area contributed by atoms with E-state index >= 15 is 0 Å². The predicted octanol–water partition coefficient (Wildman–Crippen LogP) is 4.43. The molecule has 27 heavy (non-hydrogen) atoms. The first-order valence-electron chi connectivity index (χ1n) is 8.04. The molecule has 0 amide bonds. The molecule has 0 fully saturated rings. The summed E-state index contributed by atoms with van der Waals surface area (Å²) in [6.45, 7) is 2.89. The average molecular weight is 391 g/mol. The summed E-state index contributed by atoms with van der Waals surface area (Å²) < 4.78 is 28.8. The highest BCUT2D eigenvalue weighted by Gasteiger charge is 2.32. The van der Waals surface area contributed by atoms with E-state index in [1.165, 1.54) is 24.3 Å². The second kappa shape index (κ2) is 7.75. The summed E-state index contributed by atoms with van der Waals surface area (Å²) >= 11 is 5.94. The molecule has 2 aromatic carbocycles. The van der Waals surface area contributed by atoms with Gasteiger partial charge in [0.05, 0.1) is 0 Å². The summed E-state index contributed by atoms with van der Waals surface area (Å²) in [4.78, 5) is 16.5. The van der Waals surface area contributed by atoms with Crippen LogP contribution in [0, 0.1) is 5.82 Å². The standard InChI is InChI=1S/C19H16ClFN2O4/c1-19(2,26-15-8-6-14(21)7-9-15)18(24)25-11-16-22-17(23-27-16)12-4-3-5-13(20)10-12/h3-10H,11H2,1-2H3. The van der Waals surface area contributed by atoms with E-state index in [2.05, 4.69) is 10.1 Å². The van der Waals surface area contributed by atoms with Crippen molar-refractivity contribution in [3.8, 4) is 17.1 Å². The van der Waals surface area contributed by atoms with Crippen LogP contribution in [0.4, 0.5) is 4.39 Å². The van der Waals surface area contributed by atoms with Gasteiger partial charge in [-0.3, -0.25) is 0 Å². The second-order valence-corrected chi connectivity index (χ2v) is 6.60. The molecule has 0 atom stereocenters. The Kier molecular flexibility index (Phi) is 5.41. The normalized spacial score (nSPS) is 11.3. The molecule has 0 saturated heterocycles. The second-order valence-electron chi connectivity index (χ2n) is 6.16. The van der Waals surface area contributed by atoms with E-state index in [1.807, 2.05) is 0 Å². The van der Waals surface area contributed by atoms with Gasteiger partial charge in [0.2, 0.25) is 5.82 Å². The van der Waals surface area contributed by atoms with Gasteiger partial charge in [0, 0.05) is 10.6 Å². The third kappa shape index (κ3) is 4.83. The maximum atomic E-state index is 13.0. The lowest BCUT2D eigenvalue weighted by molar-refractivity contribution is -0.161. The van der Waals surface area contributed by atoms with E-state index in [9.17, 15) is 9.18 Å². The van der Waals surface area contributed by atoms with Crippen LogP contribution in [0.3, 0.4) is 0 Å². The highest BCUT2D eigenvalue weighted by atomic mass is 35.5. The van der Waals surface area contributed by atoms with Crippen LogP contribution in [0.2, 0.25) is 5.02 Å². The average Bonchev–Trinajstić information content (AvgIpc) is 3.10. The quantitative estimate of drug-likeness (QED) is 0.579. The smallest absolute Gasteiger partial charge is 0.350 e. The van der Waals surface area contributed by atoms with E-state index in [-0.39, 0.29) is 12.5 Å². The monoisotopic (exact) mass is 390 g/mol. The van der Waals surface area contributed by atoms with E-state index in [0.29, 0.717) is 22.2 Å². The molecule has 6 nitrogen and oxygen atoms in total. The van der Waals surface area contributed by atoms with Crippen LogP contribution in [0.15, 0.2) is 53.1 Å². The van der Waals surface area contributed by atoms with Crippen LogP contribution in [0.25, 0.3) is 11.4 Å². The summed E-state index contributed by atoms with van der Waals surface area (Å²) in [6.07, 6.45) is 0. The number of hydrogen-bond acceptors (Lipinski definition) is 6. The molecule has 140 valence electrons. The van der Waals surface area contributed by atoms with Crippen molar-refractivity contribution in [2.24, 2.45) is 0 Å². The zero-order valence-corrected chi connectivity index (χ0v) is 15.4. The lowest BCUT2D eigenvalue weighted by Gasteiger charge is -2.23. The van der Waals surface area contributed by atoms with Crippen LogP contribution >= 0.6 is 11.6 Å². The molecule has 0 unspecified atom stereocenters. The molecule has 0 bridgehead atoms. The fraction of sp³-hybridized carbons (Fsp3) is 0.211. The van der Waals surface area contributed by atoms with E-state index in [0.717, 1.165) is 0 Å². The predicted molar refractivity (Wildman–Crippen MR) is 95.6 cm³/mol. The summed E-state index contributed by atoms with van der Waals surface area (Å²) in [5.41, 5.74) is -0.600. The van der Waals surface area contributed by atoms with Crippen molar-refractivity contribution in [3.63, 3.8) is 0 Å². The highest BCUT2D eigenvalue weighted by molar-refractivity contribution is 6.30. The minimum atomic E-state index is -1.28. The Morgan fingerprint density at radius 3 is 2.67 bits per heavy atom. The third-order valence-corrected chi connectivity index (χ3v) is 3.79. The Morgan fingerprint density at radius 1 is 1.22 bits per heavy atom. The van der Waals surface area contributed by atoms with Gasteiger partial charge in [-0.1, -0.05) is 28.9 Å². The molecule has 8 heteroatoms. The van der Waals surface area contributed by atoms with Crippen molar-refractivity contribution < 1.29 is 23.2 Å². The summed E-state index contributed by atoms with van der Waals surface area (Å²) in [7, 11) is 0. The first-order valence-corrected chi connectivity index (χ1v) is 8.41. The molecule has 0 radical (unpaired) electrons. The highest BCUT2D eigenvalue weighted by Crippen LogP contribution is 2.22. The Morgan fingerprint density at radius 2 is 1.96 bits per heavy atom. The number of carbonyl (C=O) groups excluding carboxylic acids is 1. The van der Waals surface area contributed by atoms with Gasteiger partial charge in [-0.05, 0) is 50.2 Å². The fourth-order valence-corrected chi connectivity index (χ4v) is 2.39. The van der Waals surface area contributed by atoms with Gasteiger partial charge in [-0.15, -0.1) is 0 Å². The van der Waals surface area contributed by atoms with Crippen molar-refractivity contribution in [1.29, 1.82) is 0 Å². The summed E-state index contributed by atoms with van der Waals surface area (Å²) in [5, 5.41) is 4.39. The molecule has 3 aromatic rings. The van der Waals surface area contributed by atoms with E-state index in [4.69, 9.17) is 25.6 Å². The van der Waals surface area contributed by atoms with Gasteiger partial charge < -0.3 is 14.0 Å². The van der Waals surface area contributed by atoms with Crippen molar-refractivity contribution in [2.75, 3.05) is 0 Å². The van der Waals surface area contributed by atoms with Crippen molar-refractivity contribution in [1.82, 2.24) is 10.1 Å². The number of rotatable bonds is 6. The van der Waals surface area contributed by atoms with Crippen LogP contribution < -0.4 is 4.74 Å². The molecule has 3 rings (SSSR count). The van der Waals surface area contributed by atoms with Gasteiger partial charge in [0.1, 0.15) is 11.6 Å². The Hall–Kier alpha value is -2.93. The lowest BCUT2D eigenvalue weighted by Crippen LogP contribution is -2.39. The zero-order chi connectivity index (χ0) is 19.4. The number of ether oxygens (including phenoxy) is 2. The van der Waals surface area contributed by atoms with E-state index in [1.54, 1.807) is 38.1 Å². The topological polar surface area (TPSA) is 74.5 Å². The number of halogens is 2. The number of aromatic nitrogens is 2. The zero-order valence-electron chi connectivity index (χ0n) is 14.6. The number of benzene rings is 2. The van der Waals surface area contributed by atoms with Crippen LogP contribution in [-0.2, 0) is 16.1 Å². The molecule has 0 saturated carbocycles. The SMILES string of the molecule is CC(C)(Oc1ccc(F)cc1)C(=O)OCc1nc(-c2cccc(Cl)c2)no1. The van der Waals surface area contributed by atoms with Crippen LogP contribution in [-0.4, -0.2) is 21.7 Å². The fourth-order valence-electron chi connectivity index (χ4n) is 2.20. The molecule has 1 heterocycles. The molecule has 0 aliphatic heterocycles. The molecule has 0 aliphatic carbocycles. The molecule has 0 spiro atoms. The van der Waals surface area contributed by atoms with Crippen LogP contribution in [0.1, 0.15) is 19.7 Å². The number of esters is 1. The van der Waals surface area contributed by atoms with Gasteiger partial charge >= 0.3 is 5.97 Å². The van der Waals surface area contributed by atoms with Crippen molar-refractivity contribution in [2.45, 2.75) is 26.1 Å². The maximum Gasteiger partial charge on any atom is 0.350 e. The molecular weight excluding hydrogens is 375 g/mol. The number of hydrogen-bond donors (Lipinski definition) is 0. The first kappa shape index (κ1) is 18.8. The third-order valence-electron chi connectivity index (χ3n) is 3.56. The van der Waals surface area contributed by atoms with Gasteiger partial charge in [0.15, 0.2) is 12.2 Å². The van der Waals surface area contributed by atoms with Gasteiger partial charge in [0.25, 0.3) is 5.89 Å². The summed E-state index contributed by atoms with van der Waals surface area (Å²) in [6, 6.07) is 12.3. The Bertz CT molecular complexity index is 941.